The Bertz CT molecular complexity index is 1010. The maximum absolute atomic E-state index is 9.66. The minimum absolute atomic E-state index is 0.163. The van der Waals surface area contributed by atoms with E-state index >= 15 is 0 Å². The summed E-state index contributed by atoms with van der Waals surface area (Å²) in [7, 11) is 1.86. The SMILES string of the molecule is Cc1c(-c2cnn(C)c2)nc(N)c(C#N)c1-c1ccc(C2CCCO2)s1. The number of hydrogen-bond donors (Lipinski definition) is 1. The van der Waals surface area contributed by atoms with Gasteiger partial charge in [0.15, 0.2) is 0 Å². The molecule has 3 aromatic rings. The molecular weight excluding hydrogens is 346 g/mol. The molecule has 2 N–H and O–H groups in total. The average molecular weight is 365 g/mol. The molecule has 0 saturated carbocycles. The Morgan fingerprint density at radius 2 is 2.27 bits per heavy atom. The molecule has 4 rings (SSSR count). The van der Waals surface area contributed by atoms with Gasteiger partial charge in [-0.15, -0.1) is 11.3 Å². The molecule has 0 aromatic carbocycles. The maximum atomic E-state index is 9.66. The molecule has 1 aliphatic heterocycles. The molecule has 6 nitrogen and oxygen atoms in total. The van der Waals surface area contributed by atoms with Crippen molar-refractivity contribution in [3.63, 3.8) is 0 Å². The number of aromatic nitrogens is 3. The third-order valence-corrected chi connectivity index (χ3v) is 5.87. The number of nitrogens with two attached hydrogens (primary N) is 1. The van der Waals surface area contributed by atoms with Crippen LogP contribution < -0.4 is 5.73 Å². The standard InChI is InChI=1S/C19H19N5OS/c1-11-17(16-6-5-15(26-16)14-4-3-7-25-14)13(8-20)19(21)23-18(11)12-9-22-24(2)10-12/h5-6,9-10,14H,3-4,7H2,1-2H3,(H2,21,23). The third-order valence-electron chi connectivity index (χ3n) is 4.68. The molecule has 3 aromatic heterocycles. The van der Waals surface area contributed by atoms with Gasteiger partial charge in [0.2, 0.25) is 0 Å². The van der Waals surface area contributed by atoms with Crippen molar-refractivity contribution in [2.24, 2.45) is 7.05 Å². The van der Waals surface area contributed by atoms with Crippen LogP contribution in [-0.2, 0) is 11.8 Å². The highest BCUT2D eigenvalue weighted by Crippen LogP contribution is 2.42. The minimum Gasteiger partial charge on any atom is -0.383 e. The fourth-order valence-corrected chi connectivity index (χ4v) is 4.60. The van der Waals surface area contributed by atoms with Gasteiger partial charge in [-0.3, -0.25) is 4.68 Å². The van der Waals surface area contributed by atoms with Crippen LogP contribution in [0.5, 0.6) is 0 Å². The molecule has 4 heterocycles. The van der Waals surface area contributed by atoms with Gasteiger partial charge in [-0.1, -0.05) is 0 Å². The topological polar surface area (TPSA) is 89.8 Å². The summed E-state index contributed by atoms with van der Waals surface area (Å²) < 4.78 is 7.52. The lowest BCUT2D eigenvalue weighted by molar-refractivity contribution is 0.114. The maximum Gasteiger partial charge on any atom is 0.142 e. The van der Waals surface area contributed by atoms with E-state index in [0.717, 1.165) is 46.7 Å². The van der Waals surface area contributed by atoms with E-state index in [1.165, 1.54) is 4.88 Å². The van der Waals surface area contributed by atoms with Crippen LogP contribution in [0.1, 0.15) is 34.9 Å². The fraction of sp³-hybridized carbons (Fsp3) is 0.316. The highest BCUT2D eigenvalue weighted by molar-refractivity contribution is 7.15. The number of thiophene rings is 1. The molecule has 1 fully saturated rings. The van der Waals surface area contributed by atoms with Gasteiger partial charge in [0.25, 0.3) is 0 Å². The largest absolute Gasteiger partial charge is 0.383 e. The second-order valence-corrected chi connectivity index (χ2v) is 7.55. The van der Waals surface area contributed by atoms with Crippen molar-refractivity contribution in [3.05, 3.63) is 40.5 Å². The van der Waals surface area contributed by atoms with E-state index in [0.29, 0.717) is 5.56 Å². The summed E-state index contributed by atoms with van der Waals surface area (Å²) in [4.78, 5) is 6.69. The van der Waals surface area contributed by atoms with Crippen molar-refractivity contribution in [2.75, 3.05) is 12.3 Å². The van der Waals surface area contributed by atoms with Gasteiger partial charge in [-0.25, -0.2) is 4.98 Å². The van der Waals surface area contributed by atoms with Crippen LogP contribution in [0.2, 0.25) is 0 Å². The molecule has 0 bridgehead atoms. The second kappa shape index (κ2) is 6.56. The zero-order chi connectivity index (χ0) is 18.3. The molecule has 1 unspecified atom stereocenters. The summed E-state index contributed by atoms with van der Waals surface area (Å²) in [5, 5.41) is 13.9. The zero-order valence-electron chi connectivity index (χ0n) is 14.7. The Morgan fingerprint density at radius 1 is 1.42 bits per heavy atom. The van der Waals surface area contributed by atoms with Crippen LogP contribution >= 0.6 is 11.3 Å². The van der Waals surface area contributed by atoms with Gasteiger partial charge in [0.1, 0.15) is 17.5 Å². The number of nitrogens with zero attached hydrogens (tertiary/aromatic N) is 4. The molecule has 1 aliphatic rings. The smallest absolute Gasteiger partial charge is 0.142 e. The summed E-state index contributed by atoms with van der Waals surface area (Å²) in [5.41, 5.74) is 10.00. The molecule has 7 heteroatoms. The number of rotatable bonds is 3. The number of pyridine rings is 1. The van der Waals surface area contributed by atoms with E-state index < -0.39 is 0 Å². The van der Waals surface area contributed by atoms with E-state index in [2.05, 4.69) is 28.3 Å². The summed E-state index contributed by atoms with van der Waals surface area (Å²) >= 11 is 1.66. The number of ether oxygens (including phenoxy) is 1. The van der Waals surface area contributed by atoms with Crippen LogP contribution in [0, 0.1) is 18.3 Å². The summed E-state index contributed by atoms with van der Waals surface area (Å²) in [6.07, 6.45) is 5.96. The highest BCUT2D eigenvalue weighted by Gasteiger charge is 2.23. The average Bonchev–Trinajstić information content (AvgIpc) is 3.36. The lowest BCUT2D eigenvalue weighted by Gasteiger charge is -2.13. The van der Waals surface area contributed by atoms with Crippen molar-refractivity contribution < 1.29 is 4.74 Å². The minimum atomic E-state index is 0.163. The van der Waals surface area contributed by atoms with Gasteiger partial charge in [0, 0.05) is 40.7 Å². The second-order valence-electron chi connectivity index (χ2n) is 6.44. The first kappa shape index (κ1) is 16.8. The molecular formula is C19H19N5OS. The van der Waals surface area contributed by atoms with E-state index in [1.807, 2.05) is 20.2 Å². The van der Waals surface area contributed by atoms with Gasteiger partial charge >= 0.3 is 0 Å². The van der Waals surface area contributed by atoms with E-state index in [9.17, 15) is 5.26 Å². The highest BCUT2D eigenvalue weighted by atomic mass is 32.1. The molecule has 1 atom stereocenters. The predicted molar refractivity (Wildman–Crippen MR) is 102 cm³/mol. The van der Waals surface area contributed by atoms with Crippen molar-refractivity contribution in [1.82, 2.24) is 14.8 Å². The summed E-state index contributed by atoms with van der Waals surface area (Å²) in [6, 6.07) is 6.38. The Hall–Kier alpha value is -2.69. The van der Waals surface area contributed by atoms with Crippen molar-refractivity contribution in [3.8, 4) is 27.8 Å². The lowest BCUT2D eigenvalue weighted by atomic mass is 9.98. The Balaban J connectivity index is 1.87. The van der Waals surface area contributed by atoms with Crippen LogP contribution in [0.4, 0.5) is 5.82 Å². The monoisotopic (exact) mass is 365 g/mol. The first-order chi connectivity index (χ1) is 12.6. The molecule has 0 aliphatic carbocycles. The van der Waals surface area contributed by atoms with Crippen molar-refractivity contribution in [1.29, 1.82) is 5.26 Å². The zero-order valence-corrected chi connectivity index (χ0v) is 15.5. The van der Waals surface area contributed by atoms with Gasteiger partial charge in [-0.05, 0) is 37.5 Å². The normalized spacial score (nSPS) is 16.7. The van der Waals surface area contributed by atoms with Crippen molar-refractivity contribution >= 4 is 17.2 Å². The van der Waals surface area contributed by atoms with Crippen molar-refractivity contribution in [2.45, 2.75) is 25.9 Å². The van der Waals surface area contributed by atoms with Gasteiger partial charge < -0.3 is 10.5 Å². The predicted octanol–water partition coefficient (Wildman–Crippen LogP) is 3.82. The van der Waals surface area contributed by atoms with Gasteiger partial charge in [0.05, 0.1) is 18.0 Å². The lowest BCUT2D eigenvalue weighted by Crippen LogP contribution is -2.02. The van der Waals surface area contributed by atoms with Crippen LogP contribution in [0.3, 0.4) is 0 Å². The van der Waals surface area contributed by atoms with E-state index in [-0.39, 0.29) is 11.9 Å². The van der Waals surface area contributed by atoms with E-state index in [1.54, 1.807) is 22.2 Å². The first-order valence-corrected chi connectivity index (χ1v) is 9.31. The molecule has 0 spiro atoms. The Kier molecular flexibility index (Phi) is 4.23. The number of nitriles is 1. The summed E-state index contributed by atoms with van der Waals surface area (Å²) in [6.45, 7) is 2.80. The number of anilines is 1. The van der Waals surface area contributed by atoms with Crippen LogP contribution in [0.15, 0.2) is 24.5 Å². The third kappa shape index (κ3) is 2.77. The molecule has 1 saturated heterocycles. The molecule has 26 heavy (non-hydrogen) atoms. The number of aryl methyl sites for hydroxylation is 1. The summed E-state index contributed by atoms with van der Waals surface area (Å²) in [5.74, 6) is 0.249. The Labute approximate surface area is 155 Å². The molecule has 0 amide bonds. The van der Waals surface area contributed by atoms with E-state index in [4.69, 9.17) is 10.5 Å². The van der Waals surface area contributed by atoms with Crippen LogP contribution in [-0.4, -0.2) is 21.4 Å². The fourth-order valence-electron chi connectivity index (χ4n) is 3.40. The Morgan fingerprint density at radius 3 is 2.92 bits per heavy atom. The number of nitrogen functional groups attached to an aromatic ring is 1. The van der Waals surface area contributed by atoms with Gasteiger partial charge in [-0.2, -0.15) is 10.4 Å². The molecule has 0 radical (unpaired) electrons. The molecule has 132 valence electrons. The quantitative estimate of drug-likeness (QED) is 0.762. The van der Waals surface area contributed by atoms with Crippen LogP contribution in [0.25, 0.3) is 21.7 Å². The number of hydrogen-bond acceptors (Lipinski definition) is 6. The first-order valence-electron chi connectivity index (χ1n) is 8.49.